The Labute approximate surface area is 102 Å². The number of hydrogen-bond acceptors (Lipinski definition) is 1. The molecule has 18 heavy (non-hydrogen) atoms. The standard InChI is InChI=1S/C12H14F5N/c1-2-7-18-10(11(13)14)8-3-5-9(6-4-8)12(15,16)17/h3-6,10-11,18H,2,7H2,1H3. The van der Waals surface area contributed by atoms with E-state index in [1.807, 2.05) is 6.92 Å². The predicted molar refractivity (Wildman–Crippen MR) is 58.5 cm³/mol. The van der Waals surface area contributed by atoms with Crippen LogP contribution in [0.3, 0.4) is 0 Å². The minimum Gasteiger partial charge on any atom is -0.305 e. The smallest absolute Gasteiger partial charge is 0.305 e. The highest BCUT2D eigenvalue weighted by molar-refractivity contribution is 5.27. The van der Waals surface area contributed by atoms with E-state index in [1.54, 1.807) is 0 Å². The quantitative estimate of drug-likeness (QED) is 0.795. The van der Waals surface area contributed by atoms with Gasteiger partial charge < -0.3 is 5.32 Å². The highest BCUT2D eigenvalue weighted by Gasteiger charge is 2.30. The van der Waals surface area contributed by atoms with Crippen molar-refractivity contribution in [2.75, 3.05) is 6.54 Å². The van der Waals surface area contributed by atoms with Crippen molar-refractivity contribution in [1.29, 1.82) is 0 Å². The van der Waals surface area contributed by atoms with Crippen molar-refractivity contribution in [3.63, 3.8) is 0 Å². The summed E-state index contributed by atoms with van der Waals surface area (Å²) in [7, 11) is 0. The lowest BCUT2D eigenvalue weighted by Gasteiger charge is -2.18. The Hall–Kier alpha value is -1.17. The van der Waals surface area contributed by atoms with Gasteiger partial charge in [-0.3, -0.25) is 0 Å². The fourth-order valence-electron chi connectivity index (χ4n) is 1.53. The zero-order valence-corrected chi connectivity index (χ0v) is 9.77. The van der Waals surface area contributed by atoms with Crippen LogP contribution >= 0.6 is 0 Å². The maximum Gasteiger partial charge on any atom is 0.416 e. The number of benzene rings is 1. The van der Waals surface area contributed by atoms with Crippen molar-refractivity contribution in [3.8, 4) is 0 Å². The molecule has 6 heteroatoms. The van der Waals surface area contributed by atoms with Gasteiger partial charge in [-0.2, -0.15) is 13.2 Å². The van der Waals surface area contributed by atoms with Crippen LogP contribution in [0.15, 0.2) is 24.3 Å². The van der Waals surface area contributed by atoms with Gasteiger partial charge in [0.2, 0.25) is 0 Å². The van der Waals surface area contributed by atoms with E-state index in [1.165, 1.54) is 0 Å². The van der Waals surface area contributed by atoms with Crippen LogP contribution in [0, 0.1) is 0 Å². The molecule has 0 aliphatic carbocycles. The molecule has 1 unspecified atom stereocenters. The van der Waals surface area contributed by atoms with Crippen LogP contribution in [0.5, 0.6) is 0 Å². The summed E-state index contributed by atoms with van der Waals surface area (Å²) in [6.07, 6.45) is -6.44. The van der Waals surface area contributed by atoms with Gasteiger partial charge in [-0.1, -0.05) is 19.1 Å². The topological polar surface area (TPSA) is 12.0 Å². The molecule has 0 aliphatic heterocycles. The zero-order chi connectivity index (χ0) is 13.8. The molecule has 1 rings (SSSR count). The summed E-state index contributed by atoms with van der Waals surface area (Å²) < 4.78 is 62.5. The third kappa shape index (κ3) is 3.94. The van der Waals surface area contributed by atoms with Crippen LogP contribution in [0.4, 0.5) is 22.0 Å². The van der Waals surface area contributed by atoms with Crippen LogP contribution in [0.25, 0.3) is 0 Å². The van der Waals surface area contributed by atoms with Crippen LogP contribution in [0.1, 0.15) is 30.5 Å². The number of nitrogens with one attached hydrogen (secondary N) is 1. The molecule has 0 radical (unpaired) electrons. The van der Waals surface area contributed by atoms with E-state index in [-0.39, 0.29) is 5.56 Å². The van der Waals surface area contributed by atoms with Gasteiger partial charge in [0, 0.05) is 0 Å². The molecule has 0 spiro atoms. The second kappa shape index (κ2) is 6.13. The van der Waals surface area contributed by atoms with Crippen molar-refractivity contribution >= 4 is 0 Å². The van der Waals surface area contributed by atoms with E-state index in [0.717, 1.165) is 24.3 Å². The maximum absolute atomic E-state index is 12.8. The van der Waals surface area contributed by atoms with Gasteiger partial charge in [0.15, 0.2) is 0 Å². The molecular formula is C12H14F5N. The third-order valence-electron chi connectivity index (χ3n) is 2.46. The number of alkyl halides is 5. The summed E-state index contributed by atoms with van der Waals surface area (Å²) >= 11 is 0. The summed E-state index contributed by atoms with van der Waals surface area (Å²) in [5.74, 6) is 0. The van der Waals surface area contributed by atoms with Gasteiger partial charge in [-0.05, 0) is 30.7 Å². The first-order valence-electron chi connectivity index (χ1n) is 5.55. The fraction of sp³-hybridized carbons (Fsp3) is 0.500. The fourth-order valence-corrected chi connectivity index (χ4v) is 1.53. The van der Waals surface area contributed by atoms with Crippen LogP contribution in [-0.4, -0.2) is 13.0 Å². The van der Waals surface area contributed by atoms with Gasteiger partial charge in [0.1, 0.15) is 0 Å². The molecule has 0 saturated heterocycles. The second-order valence-electron chi connectivity index (χ2n) is 3.89. The summed E-state index contributed by atoms with van der Waals surface area (Å²) in [5, 5.41) is 2.61. The Balaban J connectivity index is 2.87. The molecule has 1 aromatic rings. The van der Waals surface area contributed by atoms with Crippen molar-refractivity contribution in [2.24, 2.45) is 0 Å². The van der Waals surface area contributed by atoms with Crippen LogP contribution in [0.2, 0.25) is 0 Å². The first-order chi connectivity index (χ1) is 8.36. The molecule has 1 atom stereocenters. The Kier molecular flexibility index (Phi) is 5.07. The molecule has 0 heterocycles. The molecular weight excluding hydrogens is 253 g/mol. The van der Waals surface area contributed by atoms with Gasteiger partial charge in [0.25, 0.3) is 6.43 Å². The zero-order valence-electron chi connectivity index (χ0n) is 9.77. The summed E-state index contributed by atoms with van der Waals surface area (Å²) in [5.41, 5.74) is -0.679. The lowest BCUT2D eigenvalue weighted by molar-refractivity contribution is -0.137. The summed E-state index contributed by atoms with van der Waals surface area (Å²) in [6.45, 7) is 2.21. The molecule has 102 valence electrons. The molecule has 1 nitrogen and oxygen atoms in total. The van der Waals surface area contributed by atoms with E-state index in [2.05, 4.69) is 5.32 Å². The minimum atomic E-state index is -4.45. The van der Waals surface area contributed by atoms with Crippen molar-refractivity contribution < 1.29 is 22.0 Å². The normalized spacial score (nSPS) is 13.9. The van der Waals surface area contributed by atoms with E-state index in [0.29, 0.717) is 13.0 Å². The lowest BCUT2D eigenvalue weighted by atomic mass is 10.0. The molecule has 0 bridgehead atoms. The lowest BCUT2D eigenvalue weighted by Crippen LogP contribution is -2.28. The highest BCUT2D eigenvalue weighted by Crippen LogP contribution is 2.30. The molecule has 0 fully saturated rings. The Bertz CT molecular complexity index is 358. The Morgan fingerprint density at radius 1 is 1.11 bits per heavy atom. The van der Waals surface area contributed by atoms with E-state index < -0.39 is 24.2 Å². The molecule has 0 saturated carbocycles. The first-order valence-corrected chi connectivity index (χ1v) is 5.55. The molecule has 1 aromatic carbocycles. The summed E-state index contributed by atoms with van der Waals surface area (Å²) in [6, 6.07) is 2.58. The first kappa shape index (κ1) is 14.9. The largest absolute Gasteiger partial charge is 0.416 e. The predicted octanol–water partition coefficient (Wildman–Crippen LogP) is 4.01. The Morgan fingerprint density at radius 3 is 2.06 bits per heavy atom. The monoisotopic (exact) mass is 267 g/mol. The number of halogens is 5. The third-order valence-corrected chi connectivity index (χ3v) is 2.46. The van der Waals surface area contributed by atoms with Gasteiger partial charge in [-0.25, -0.2) is 8.78 Å². The Morgan fingerprint density at radius 2 is 1.67 bits per heavy atom. The van der Waals surface area contributed by atoms with Gasteiger partial charge >= 0.3 is 6.18 Å². The van der Waals surface area contributed by atoms with Gasteiger partial charge in [-0.15, -0.1) is 0 Å². The van der Waals surface area contributed by atoms with Crippen LogP contribution < -0.4 is 5.32 Å². The van der Waals surface area contributed by atoms with Crippen molar-refractivity contribution in [1.82, 2.24) is 5.32 Å². The molecule has 0 aromatic heterocycles. The van der Waals surface area contributed by atoms with E-state index >= 15 is 0 Å². The van der Waals surface area contributed by atoms with Crippen molar-refractivity contribution in [2.45, 2.75) is 32.0 Å². The molecule has 1 N–H and O–H groups in total. The average Bonchev–Trinajstić information content (AvgIpc) is 2.28. The van der Waals surface area contributed by atoms with Crippen LogP contribution in [-0.2, 0) is 6.18 Å². The minimum absolute atomic E-state index is 0.159. The summed E-state index contributed by atoms with van der Waals surface area (Å²) in [4.78, 5) is 0. The average molecular weight is 267 g/mol. The SMILES string of the molecule is CCCNC(c1ccc(C(F)(F)F)cc1)C(F)F. The molecule has 0 amide bonds. The van der Waals surface area contributed by atoms with E-state index in [4.69, 9.17) is 0 Å². The van der Waals surface area contributed by atoms with Gasteiger partial charge in [0.05, 0.1) is 11.6 Å². The van der Waals surface area contributed by atoms with Crippen molar-refractivity contribution in [3.05, 3.63) is 35.4 Å². The van der Waals surface area contributed by atoms with E-state index in [9.17, 15) is 22.0 Å². The molecule has 0 aliphatic rings. The number of rotatable bonds is 5. The maximum atomic E-state index is 12.8. The highest BCUT2D eigenvalue weighted by atomic mass is 19.4. The second-order valence-corrected chi connectivity index (χ2v) is 3.89. The number of hydrogen-bond donors (Lipinski definition) is 1.